The Bertz CT molecular complexity index is 1230. The fraction of sp³-hybridized carbons (Fsp3) is 0.0476. The van der Waals surface area contributed by atoms with Crippen molar-refractivity contribution >= 4 is 32.4 Å². The summed E-state index contributed by atoms with van der Waals surface area (Å²) in [6, 6.07) is 18.7. The zero-order valence-corrected chi connectivity index (χ0v) is 17.2. The second kappa shape index (κ2) is 8.62. The van der Waals surface area contributed by atoms with E-state index in [-0.39, 0.29) is 17.3 Å². The van der Waals surface area contributed by atoms with Crippen LogP contribution in [0.2, 0.25) is 0 Å². The quantitative estimate of drug-likeness (QED) is 0.451. The van der Waals surface area contributed by atoms with Gasteiger partial charge in [0.1, 0.15) is 5.76 Å². The van der Waals surface area contributed by atoms with Crippen LogP contribution in [0.3, 0.4) is 0 Å². The number of carbonyl (C=O) groups excluding carboxylic acids is 1. The van der Waals surface area contributed by atoms with Gasteiger partial charge in [0, 0.05) is 16.5 Å². The number of amides is 1. The standard InChI is InChI=1S/C21H17N3O4S2/c25-20(24-21-23-19(14-29-21)15-5-2-1-3-6-15)16-8-10-18(11-9-16)30(26,27)22-13-17-7-4-12-28-17/h1-12,14,22H,13H2,(H,23,24,25). The van der Waals surface area contributed by atoms with Gasteiger partial charge in [-0.05, 0) is 36.4 Å². The van der Waals surface area contributed by atoms with Crippen LogP contribution in [0.5, 0.6) is 0 Å². The van der Waals surface area contributed by atoms with Gasteiger partial charge in [-0.25, -0.2) is 18.1 Å². The summed E-state index contributed by atoms with van der Waals surface area (Å²) in [4.78, 5) is 17.0. The Morgan fingerprint density at radius 1 is 1.00 bits per heavy atom. The molecule has 0 aliphatic carbocycles. The number of sulfonamides is 1. The van der Waals surface area contributed by atoms with E-state index in [2.05, 4.69) is 15.0 Å². The summed E-state index contributed by atoms with van der Waals surface area (Å²) in [6.45, 7) is 0.0470. The molecule has 0 bridgehead atoms. The van der Waals surface area contributed by atoms with Crippen molar-refractivity contribution in [2.75, 3.05) is 5.32 Å². The Hall–Kier alpha value is -3.27. The monoisotopic (exact) mass is 439 g/mol. The molecule has 0 saturated carbocycles. The first kappa shape index (κ1) is 20.0. The SMILES string of the molecule is O=C(Nc1nc(-c2ccccc2)cs1)c1ccc(S(=O)(=O)NCc2ccco2)cc1. The highest BCUT2D eigenvalue weighted by Crippen LogP contribution is 2.25. The van der Waals surface area contributed by atoms with Crippen molar-refractivity contribution in [1.29, 1.82) is 0 Å². The van der Waals surface area contributed by atoms with Gasteiger partial charge in [0.15, 0.2) is 5.13 Å². The number of carbonyl (C=O) groups is 1. The van der Waals surface area contributed by atoms with Crippen LogP contribution in [0.15, 0.2) is 87.7 Å². The summed E-state index contributed by atoms with van der Waals surface area (Å²) in [5, 5.41) is 5.08. The third kappa shape index (κ3) is 4.65. The number of furan rings is 1. The van der Waals surface area contributed by atoms with E-state index in [0.717, 1.165) is 11.3 Å². The summed E-state index contributed by atoms with van der Waals surface area (Å²) < 4.78 is 32.3. The van der Waals surface area contributed by atoms with E-state index >= 15 is 0 Å². The first-order chi connectivity index (χ1) is 14.5. The highest BCUT2D eigenvalue weighted by molar-refractivity contribution is 7.89. The summed E-state index contributed by atoms with van der Waals surface area (Å²) in [7, 11) is -3.72. The third-order valence-corrected chi connectivity index (χ3v) is 6.41. The van der Waals surface area contributed by atoms with Gasteiger partial charge in [0.2, 0.25) is 10.0 Å². The number of hydrogen-bond acceptors (Lipinski definition) is 6. The number of anilines is 1. The number of thiazole rings is 1. The number of aromatic nitrogens is 1. The molecule has 0 unspecified atom stereocenters. The second-order valence-electron chi connectivity index (χ2n) is 6.29. The summed E-state index contributed by atoms with van der Waals surface area (Å²) in [5.41, 5.74) is 2.07. The Morgan fingerprint density at radius 2 is 1.77 bits per heavy atom. The van der Waals surface area contributed by atoms with Crippen molar-refractivity contribution in [3.05, 3.63) is 89.7 Å². The third-order valence-electron chi connectivity index (χ3n) is 4.24. The first-order valence-corrected chi connectivity index (χ1v) is 11.3. The van der Waals surface area contributed by atoms with E-state index in [9.17, 15) is 13.2 Å². The molecule has 0 fully saturated rings. The van der Waals surface area contributed by atoms with Crippen molar-refractivity contribution in [3.8, 4) is 11.3 Å². The molecule has 0 aliphatic rings. The molecule has 0 spiro atoms. The van der Waals surface area contributed by atoms with Gasteiger partial charge < -0.3 is 4.42 Å². The summed E-state index contributed by atoms with van der Waals surface area (Å²) >= 11 is 1.32. The molecular formula is C21H17N3O4S2. The maximum absolute atomic E-state index is 12.5. The molecule has 30 heavy (non-hydrogen) atoms. The van der Waals surface area contributed by atoms with Crippen molar-refractivity contribution in [2.24, 2.45) is 0 Å². The number of hydrogen-bond donors (Lipinski definition) is 2. The smallest absolute Gasteiger partial charge is 0.257 e. The highest BCUT2D eigenvalue weighted by atomic mass is 32.2. The molecule has 9 heteroatoms. The van der Waals surface area contributed by atoms with Crippen LogP contribution in [0.4, 0.5) is 5.13 Å². The Labute approximate surface area is 177 Å². The Balaban J connectivity index is 1.41. The molecule has 1 amide bonds. The van der Waals surface area contributed by atoms with Crippen LogP contribution in [0.25, 0.3) is 11.3 Å². The predicted octanol–water partition coefficient (Wildman–Crippen LogP) is 4.13. The van der Waals surface area contributed by atoms with Crippen LogP contribution in [-0.2, 0) is 16.6 Å². The number of nitrogens with zero attached hydrogens (tertiary/aromatic N) is 1. The van der Waals surface area contributed by atoms with Gasteiger partial charge in [0.05, 0.1) is 23.4 Å². The van der Waals surface area contributed by atoms with Crippen LogP contribution >= 0.6 is 11.3 Å². The van der Waals surface area contributed by atoms with E-state index in [4.69, 9.17) is 4.42 Å². The molecular weight excluding hydrogens is 422 g/mol. The average Bonchev–Trinajstić information content (AvgIpc) is 3.45. The minimum Gasteiger partial charge on any atom is -0.468 e. The van der Waals surface area contributed by atoms with Gasteiger partial charge in [-0.2, -0.15) is 0 Å². The molecule has 0 radical (unpaired) electrons. The lowest BCUT2D eigenvalue weighted by Gasteiger charge is -2.07. The molecule has 7 nitrogen and oxygen atoms in total. The molecule has 2 aromatic heterocycles. The molecule has 4 aromatic rings. The van der Waals surface area contributed by atoms with Gasteiger partial charge in [0.25, 0.3) is 5.91 Å². The van der Waals surface area contributed by atoms with Gasteiger partial charge in [-0.15, -0.1) is 11.3 Å². The Morgan fingerprint density at radius 3 is 2.47 bits per heavy atom. The Kier molecular flexibility index (Phi) is 5.75. The number of benzene rings is 2. The maximum Gasteiger partial charge on any atom is 0.257 e. The number of nitrogens with one attached hydrogen (secondary N) is 2. The molecule has 4 rings (SSSR count). The molecule has 0 atom stereocenters. The van der Waals surface area contributed by atoms with Crippen molar-refractivity contribution in [2.45, 2.75) is 11.4 Å². The molecule has 0 aliphatic heterocycles. The largest absolute Gasteiger partial charge is 0.468 e. The van der Waals surface area contributed by atoms with E-state index in [0.29, 0.717) is 16.5 Å². The lowest BCUT2D eigenvalue weighted by molar-refractivity contribution is 0.102. The van der Waals surface area contributed by atoms with Crippen LogP contribution in [-0.4, -0.2) is 19.3 Å². The van der Waals surface area contributed by atoms with E-state index in [1.165, 1.54) is 41.9 Å². The van der Waals surface area contributed by atoms with Crippen molar-refractivity contribution in [1.82, 2.24) is 9.71 Å². The van der Waals surface area contributed by atoms with Crippen molar-refractivity contribution in [3.63, 3.8) is 0 Å². The van der Waals surface area contributed by atoms with E-state index < -0.39 is 10.0 Å². The lowest BCUT2D eigenvalue weighted by Crippen LogP contribution is -2.23. The van der Waals surface area contributed by atoms with Crippen LogP contribution in [0.1, 0.15) is 16.1 Å². The fourth-order valence-electron chi connectivity index (χ4n) is 2.69. The van der Waals surface area contributed by atoms with E-state index in [1.54, 1.807) is 12.1 Å². The predicted molar refractivity (Wildman–Crippen MR) is 115 cm³/mol. The van der Waals surface area contributed by atoms with Crippen molar-refractivity contribution < 1.29 is 17.6 Å². The van der Waals surface area contributed by atoms with Gasteiger partial charge in [-0.1, -0.05) is 30.3 Å². The number of rotatable bonds is 7. The molecule has 0 saturated heterocycles. The fourth-order valence-corrected chi connectivity index (χ4v) is 4.40. The highest BCUT2D eigenvalue weighted by Gasteiger charge is 2.16. The minimum absolute atomic E-state index is 0.0470. The van der Waals surface area contributed by atoms with Crippen LogP contribution in [0, 0.1) is 0 Å². The summed E-state index contributed by atoms with van der Waals surface area (Å²) in [5.74, 6) is 0.143. The average molecular weight is 440 g/mol. The first-order valence-electron chi connectivity index (χ1n) is 8.96. The zero-order chi connectivity index (χ0) is 21.0. The minimum atomic E-state index is -3.72. The second-order valence-corrected chi connectivity index (χ2v) is 8.91. The zero-order valence-electron chi connectivity index (χ0n) is 15.6. The molecule has 2 heterocycles. The normalized spacial score (nSPS) is 11.3. The maximum atomic E-state index is 12.5. The molecule has 152 valence electrons. The van der Waals surface area contributed by atoms with Gasteiger partial charge in [-0.3, -0.25) is 10.1 Å². The topological polar surface area (TPSA) is 101 Å². The lowest BCUT2D eigenvalue weighted by atomic mass is 10.2. The molecule has 2 aromatic carbocycles. The molecule has 2 N–H and O–H groups in total. The van der Waals surface area contributed by atoms with Gasteiger partial charge >= 0.3 is 0 Å². The summed E-state index contributed by atoms with van der Waals surface area (Å²) in [6.07, 6.45) is 1.47. The van der Waals surface area contributed by atoms with Crippen LogP contribution < -0.4 is 10.0 Å². The van der Waals surface area contributed by atoms with E-state index in [1.807, 2.05) is 35.7 Å².